The van der Waals surface area contributed by atoms with Crippen LogP contribution in [0.4, 0.5) is 0 Å². The van der Waals surface area contributed by atoms with E-state index in [0.717, 1.165) is 49.0 Å². The summed E-state index contributed by atoms with van der Waals surface area (Å²) in [7, 11) is 1.66. The monoisotopic (exact) mass is 614 g/mol. The number of allylic oxidation sites excluding steroid dienone is 1. The largest absolute Gasteiger partial charge is 0.487 e. The molecular formula is C33H14N2OS5. The third kappa shape index (κ3) is 7.90. The van der Waals surface area contributed by atoms with Crippen molar-refractivity contribution < 1.29 is 4.74 Å². The summed E-state index contributed by atoms with van der Waals surface area (Å²) in [4.78, 5) is 8.37. The zero-order chi connectivity index (χ0) is 28.4. The van der Waals surface area contributed by atoms with Crippen molar-refractivity contribution >= 4 is 62.8 Å². The summed E-state index contributed by atoms with van der Waals surface area (Å²) in [6, 6.07) is 23.3. The molecule has 0 aliphatic heterocycles. The van der Waals surface area contributed by atoms with Gasteiger partial charge in [-0.3, -0.25) is 0 Å². The van der Waals surface area contributed by atoms with E-state index >= 15 is 0 Å². The molecule has 0 radical (unpaired) electrons. The Morgan fingerprint density at radius 2 is 0.854 bits per heavy atom. The molecule has 0 fully saturated rings. The van der Waals surface area contributed by atoms with Gasteiger partial charge in [0.25, 0.3) is 0 Å². The Hall–Kier alpha value is -4.74. The fraction of sp³-hybridized carbons (Fsp3) is 0.0303. The quantitative estimate of drug-likeness (QED) is 0.149. The SMILES string of the molecule is COc1ccc(C#Cc2ccc(C#Cc3ccc(C#Cc4ccc(C#Cc5ccc(C=C(C#N)C#N)s5)s4)s3)s2)s1. The predicted molar refractivity (Wildman–Crippen MR) is 171 cm³/mol. The first-order chi connectivity index (χ1) is 20.1. The summed E-state index contributed by atoms with van der Waals surface area (Å²) >= 11 is 7.65. The third-order valence-corrected chi connectivity index (χ3v) is 9.65. The average Bonchev–Trinajstić information content (AvgIpc) is 3.83. The molecule has 0 spiro atoms. The Morgan fingerprint density at radius 3 is 1.22 bits per heavy atom. The minimum Gasteiger partial charge on any atom is -0.487 e. The lowest BCUT2D eigenvalue weighted by atomic mass is 10.3. The highest BCUT2D eigenvalue weighted by atomic mass is 32.1. The van der Waals surface area contributed by atoms with Gasteiger partial charge >= 0.3 is 0 Å². The highest BCUT2D eigenvalue weighted by molar-refractivity contribution is 7.15. The number of hydrogen-bond donors (Lipinski definition) is 0. The Bertz CT molecular complexity index is 2090. The van der Waals surface area contributed by atoms with E-state index in [0.29, 0.717) is 0 Å². The lowest BCUT2D eigenvalue weighted by Gasteiger charge is -1.87. The van der Waals surface area contributed by atoms with Crippen molar-refractivity contribution in [1.29, 1.82) is 10.5 Å². The van der Waals surface area contributed by atoms with Crippen molar-refractivity contribution in [3.8, 4) is 64.6 Å². The maximum atomic E-state index is 8.90. The molecule has 5 aromatic heterocycles. The van der Waals surface area contributed by atoms with Gasteiger partial charge < -0.3 is 4.74 Å². The highest BCUT2D eigenvalue weighted by Gasteiger charge is 2.01. The van der Waals surface area contributed by atoms with E-state index in [-0.39, 0.29) is 5.57 Å². The lowest BCUT2D eigenvalue weighted by molar-refractivity contribution is 0.427. The predicted octanol–water partition coefficient (Wildman–Crippen LogP) is 8.03. The minimum absolute atomic E-state index is 0.0762. The van der Waals surface area contributed by atoms with Crippen LogP contribution in [0.3, 0.4) is 0 Å². The van der Waals surface area contributed by atoms with Crippen molar-refractivity contribution in [3.05, 3.63) is 110 Å². The topological polar surface area (TPSA) is 56.8 Å². The first-order valence-corrected chi connectivity index (χ1v) is 15.8. The fourth-order valence-electron chi connectivity index (χ4n) is 3.14. The molecule has 5 rings (SSSR count). The van der Waals surface area contributed by atoms with Crippen LogP contribution in [-0.2, 0) is 0 Å². The molecule has 0 aromatic carbocycles. The van der Waals surface area contributed by atoms with Crippen LogP contribution in [0.1, 0.15) is 43.9 Å². The van der Waals surface area contributed by atoms with Crippen LogP contribution in [0.2, 0.25) is 0 Å². The van der Waals surface area contributed by atoms with Crippen LogP contribution in [-0.4, -0.2) is 7.11 Å². The summed E-state index contributed by atoms with van der Waals surface area (Å²) in [5.41, 5.74) is 0.0762. The summed E-state index contributed by atoms with van der Waals surface area (Å²) in [5, 5.41) is 18.7. The molecule has 0 aliphatic rings. The molecule has 5 heterocycles. The van der Waals surface area contributed by atoms with Gasteiger partial charge in [0.05, 0.1) is 46.1 Å². The highest BCUT2D eigenvalue weighted by Crippen LogP contribution is 2.24. The van der Waals surface area contributed by atoms with E-state index in [9.17, 15) is 0 Å². The Kier molecular flexibility index (Phi) is 9.19. The van der Waals surface area contributed by atoms with Gasteiger partial charge in [-0.25, -0.2) is 0 Å². The van der Waals surface area contributed by atoms with Crippen molar-refractivity contribution in [2.75, 3.05) is 7.11 Å². The van der Waals surface area contributed by atoms with Gasteiger partial charge in [-0.1, -0.05) is 11.3 Å². The summed E-state index contributed by atoms with van der Waals surface area (Å²) in [6.45, 7) is 0. The number of nitriles is 2. The Labute approximate surface area is 258 Å². The number of rotatable bonds is 2. The second-order valence-electron chi connectivity index (χ2n) is 7.80. The van der Waals surface area contributed by atoms with Crippen LogP contribution < -0.4 is 4.74 Å². The van der Waals surface area contributed by atoms with Crippen molar-refractivity contribution in [1.82, 2.24) is 0 Å². The number of thiophene rings is 5. The molecule has 0 unspecified atom stereocenters. The average molecular weight is 615 g/mol. The van der Waals surface area contributed by atoms with Crippen LogP contribution in [0, 0.1) is 70.0 Å². The maximum absolute atomic E-state index is 8.90. The van der Waals surface area contributed by atoms with Gasteiger partial charge in [0.15, 0.2) is 5.06 Å². The van der Waals surface area contributed by atoms with Gasteiger partial charge in [-0.2, -0.15) is 10.5 Å². The first-order valence-electron chi connectivity index (χ1n) is 11.7. The van der Waals surface area contributed by atoms with Gasteiger partial charge in [0.1, 0.15) is 17.7 Å². The smallest absolute Gasteiger partial charge is 0.174 e. The normalized spacial score (nSPS) is 9.24. The van der Waals surface area contributed by atoms with Gasteiger partial charge in [0.2, 0.25) is 0 Å². The molecule has 41 heavy (non-hydrogen) atoms. The molecule has 0 aliphatic carbocycles. The standard InChI is InChI=1S/C33H14N2OS5/c1-36-33-19-18-31(41-33)15-14-29-11-10-27(39-29)7-6-25-3-2-24(37-25)4-5-26-8-9-28(38-26)12-13-30-16-17-32(40-30)20-23(21-34)22-35/h2-3,8-11,16-20H,1H3. The lowest BCUT2D eigenvalue weighted by Crippen LogP contribution is -1.73. The number of hydrogen-bond acceptors (Lipinski definition) is 8. The third-order valence-electron chi connectivity index (χ3n) is 4.99. The molecular weight excluding hydrogens is 601 g/mol. The molecule has 0 saturated carbocycles. The van der Waals surface area contributed by atoms with Gasteiger partial charge in [0, 0.05) is 4.88 Å². The molecule has 5 aromatic rings. The molecule has 0 atom stereocenters. The fourth-order valence-corrected chi connectivity index (χ4v) is 6.75. The van der Waals surface area contributed by atoms with Gasteiger partial charge in [-0.15, -0.1) is 45.3 Å². The van der Waals surface area contributed by atoms with E-state index in [1.165, 1.54) is 34.0 Å². The van der Waals surface area contributed by atoms with E-state index in [4.69, 9.17) is 15.3 Å². The zero-order valence-corrected chi connectivity index (χ0v) is 25.3. The number of nitrogens with zero attached hydrogens (tertiary/aromatic N) is 2. The molecule has 192 valence electrons. The summed E-state index contributed by atoms with van der Waals surface area (Å²) in [6.07, 6.45) is 1.57. The summed E-state index contributed by atoms with van der Waals surface area (Å²) < 4.78 is 5.21. The zero-order valence-electron chi connectivity index (χ0n) is 21.2. The Morgan fingerprint density at radius 1 is 0.512 bits per heavy atom. The van der Waals surface area contributed by atoms with Crippen LogP contribution in [0.5, 0.6) is 5.06 Å². The molecule has 0 N–H and O–H groups in total. The van der Waals surface area contributed by atoms with Crippen LogP contribution >= 0.6 is 56.7 Å². The molecule has 0 saturated heterocycles. The summed E-state index contributed by atoms with van der Waals surface area (Å²) in [5.74, 6) is 25.6. The second kappa shape index (κ2) is 13.6. The van der Waals surface area contributed by atoms with E-state index < -0.39 is 0 Å². The Balaban J connectivity index is 1.19. The van der Waals surface area contributed by atoms with E-state index in [2.05, 4.69) is 47.4 Å². The van der Waals surface area contributed by atoms with Crippen LogP contribution in [0.15, 0.2) is 66.2 Å². The number of methoxy groups -OCH3 is 1. The minimum atomic E-state index is 0.0762. The molecule has 3 nitrogen and oxygen atoms in total. The van der Waals surface area contributed by atoms with Crippen molar-refractivity contribution in [2.24, 2.45) is 0 Å². The number of ether oxygens (including phenoxy) is 1. The molecule has 0 amide bonds. The van der Waals surface area contributed by atoms with E-state index in [1.807, 2.05) is 72.8 Å². The van der Waals surface area contributed by atoms with E-state index in [1.54, 1.807) is 35.9 Å². The van der Waals surface area contributed by atoms with Crippen LogP contribution in [0.25, 0.3) is 6.08 Å². The first kappa shape index (κ1) is 27.8. The molecule has 8 heteroatoms. The maximum Gasteiger partial charge on any atom is 0.174 e. The van der Waals surface area contributed by atoms with Crippen molar-refractivity contribution in [3.63, 3.8) is 0 Å². The second-order valence-corrected chi connectivity index (χ2v) is 13.2. The van der Waals surface area contributed by atoms with Crippen molar-refractivity contribution in [2.45, 2.75) is 0 Å². The van der Waals surface area contributed by atoms with Gasteiger partial charge in [-0.05, 0) is 114 Å². The molecule has 0 bridgehead atoms.